The Hall–Kier alpha value is -3.28. The first-order valence-electron chi connectivity index (χ1n) is 6.74. The molecule has 0 bridgehead atoms. The number of nitrogen functional groups attached to an aromatic ring is 2. The third kappa shape index (κ3) is 1.89. The van der Waals surface area contributed by atoms with Gasteiger partial charge in [0.25, 0.3) is 0 Å². The van der Waals surface area contributed by atoms with Crippen LogP contribution in [0.1, 0.15) is 0 Å². The van der Waals surface area contributed by atoms with E-state index >= 15 is 0 Å². The topological polar surface area (TPSA) is 107 Å². The Morgan fingerprint density at radius 2 is 1.91 bits per heavy atom. The summed E-state index contributed by atoms with van der Waals surface area (Å²) in [5.41, 5.74) is 16.5. The van der Waals surface area contributed by atoms with Crippen LogP contribution in [0.4, 0.5) is 11.6 Å². The average Bonchev–Trinajstić information content (AvgIpc) is 3.17. The van der Waals surface area contributed by atoms with Gasteiger partial charge in [-0.15, -0.1) is 0 Å². The zero-order chi connectivity index (χ0) is 15.1. The maximum Gasteiger partial charge on any atom is 0.153 e. The highest BCUT2D eigenvalue weighted by atomic mass is 16.3. The molecule has 6 heteroatoms. The van der Waals surface area contributed by atoms with Crippen LogP contribution in [0.5, 0.6) is 0 Å². The number of H-pyrrole nitrogens is 1. The van der Waals surface area contributed by atoms with Crippen molar-refractivity contribution in [3.05, 3.63) is 49.1 Å². The lowest BCUT2D eigenvalue weighted by Gasteiger charge is -2.07. The second kappa shape index (κ2) is 4.63. The Morgan fingerprint density at radius 3 is 2.68 bits per heavy atom. The second-order valence-corrected chi connectivity index (χ2v) is 5.04. The summed E-state index contributed by atoms with van der Waals surface area (Å²) in [5, 5.41) is 7.95. The normalized spacial score (nSPS) is 11.1. The Morgan fingerprint density at radius 1 is 1.00 bits per heavy atom. The van der Waals surface area contributed by atoms with Crippen molar-refractivity contribution in [2.24, 2.45) is 0 Å². The van der Waals surface area contributed by atoms with Crippen LogP contribution in [0.2, 0.25) is 0 Å². The van der Waals surface area contributed by atoms with E-state index in [0.717, 1.165) is 33.2 Å². The minimum atomic E-state index is 0.462. The van der Waals surface area contributed by atoms with Gasteiger partial charge in [0.2, 0.25) is 0 Å². The molecular formula is C16H13N5O. The molecule has 0 fully saturated rings. The highest BCUT2D eigenvalue weighted by molar-refractivity contribution is 6.02. The number of rotatable bonds is 2. The molecule has 6 nitrogen and oxygen atoms in total. The summed E-state index contributed by atoms with van der Waals surface area (Å²) >= 11 is 0. The molecule has 0 unspecified atom stereocenters. The van der Waals surface area contributed by atoms with Crippen molar-refractivity contribution in [2.75, 3.05) is 11.5 Å². The number of hydrogen-bond donors (Lipinski definition) is 3. The first kappa shape index (κ1) is 12.5. The number of nitrogens with two attached hydrogens (primary N) is 2. The van der Waals surface area contributed by atoms with E-state index in [0.29, 0.717) is 11.6 Å². The maximum absolute atomic E-state index is 5.97. The minimum Gasteiger partial charge on any atom is -0.472 e. The number of nitrogens with zero attached hydrogens (tertiary/aromatic N) is 2. The number of hydrogen-bond acceptors (Lipinski definition) is 5. The SMILES string of the molecule is Nc1cc(-c2cc(-c3ccoc3)c3[nH]nc(N)c3c2)ccn1. The van der Waals surface area contributed by atoms with E-state index in [-0.39, 0.29) is 0 Å². The Labute approximate surface area is 125 Å². The smallest absolute Gasteiger partial charge is 0.153 e. The molecule has 0 aliphatic carbocycles. The molecule has 22 heavy (non-hydrogen) atoms. The van der Waals surface area contributed by atoms with Crippen molar-refractivity contribution in [1.82, 2.24) is 15.2 Å². The molecular weight excluding hydrogens is 278 g/mol. The van der Waals surface area contributed by atoms with Gasteiger partial charge in [0.05, 0.1) is 18.0 Å². The number of benzene rings is 1. The molecule has 5 N–H and O–H groups in total. The summed E-state index contributed by atoms with van der Waals surface area (Å²) in [4.78, 5) is 4.03. The third-order valence-electron chi connectivity index (χ3n) is 3.65. The van der Waals surface area contributed by atoms with E-state index < -0.39 is 0 Å². The first-order chi connectivity index (χ1) is 10.7. The van der Waals surface area contributed by atoms with Crippen LogP contribution in [0.25, 0.3) is 33.2 Å². The summed E-state index contributed by atoms with van der Waals surface area (Å²) in [5.74, 6) is 0.936. The van der Waals surface area contributed by atoms with Crippen molar-refractivity contribution < 1.29 is 4.42 Å². The van der Waals surface area contributed by atoms with Crippen LogP contribution < -0.4 is 11.5 Å². The molecule has 0 aliphatic heterocycles. The van der Waals surface area contributed by atoms with Crippen LogP contribution >= 0.6 is 0 Å². The van der Waals surface area contributed by atoms with Gasteiger partial charge in [-0.25, -0.2) is 4.98 Å². The van der Waals surface area contributed by atoms with Gasteiger partial charge in [0, 0.05) is 22.7 Å². The summed E-state index contributed by atoms with van der Waals surface area (Å²) < 4.78 is 5.19. The van der Waals surface area contributed by atoms with Crippen molar-refractivity contribution in [1.29, 1.82) is 0 Å². The number of nitrogens with one attached hydrogen (secondary N) is 1. The molecule has 0 saturated carbocycles. The molecule has 4 rings (SSSR count). The maximum atomic E-state index is 5.97. The van der Waals surface area contributed by atoms with Gasteiger partial charge in [-0.2, -0.15) is 5.10 Å². The fourth-order valence-corrected chi connectivity index (χ4v) is 2.58. The molecule has 4 aromatic rings. The molecule has 0 spiro atoms. The first-order valence-corrected chi connectivity index (χ1v) is 6.74. The minimum absolute atomic E-state index is 0.462. The summed E-state index contributed by atoms with van der Waals surface area (Å²) in [6.45, 7) is 0. The number of pyridine rings is 1. The highest BCUT2D eigenvalue weighted by Crippen LogP contribution is 2.35. The van der Waals surface area contributed by atoms with E-state index in [1.807, 2.05) is 24.3 Å². The molecule has 0 atom stereocenters. The summed E-state index contributed by atoms with van der Waals surface area (Å²) in [6, 6.07) is 9.69. The van der Waals surface area contributed by atoms with Gasteiger partial charge >= 0.3 is 0 Å². The van der Waals surface area contributed by atoms with E-state index in [2.05, 4.69) is 21.2 Å². The van der Waals surface area contributed by atoms with Crippen molar-refractivity contribution in [2.45, 2.75) is 0 Å². The summed E-state index contributed by atoms with van der Waals surface area (Å²) in [6.07, 6.45) is 5.01. The van der Waals surface area contributed by atoms with Crippen molar-refractivity contribution in [3.8, 4) is 22.3 Å². The number of fused-ring (bicyclic) bond motifs is 1. The third-order valence-corrected chi connectivity index (χ3v) is 3.65. The van der Waals surface area contributed by atoms with Gasteiger partial charge in [0.1, 0.15) is 5.82 Å². The lowest BCUT2D eigenvalue weighted by atomic mass is 9.98. The lowest BCUT2D eigenvalue weighted by Crippen LogP contribution is -1.90. The Bertz CT molecular complexity index is 956. The molecule has 0 saturated heterocycles. The van der Waals surface area contributed by atoms with Crippen molar-refractivity contribution >= 4 is 22.5 Å². The van der Waals surface area contributed by atoms with Crippen LogP contribution in [-0.2, 0) is 0 Å². The quantitative estimate of drug-likeness (QED) is 0.526. The number of furan rings is 1. The fourth-order valence-electron chi connectivity index (χ4n) is 2.58. The average molecular weight is 291 g/mol. The second-order valence-electron chi connectivity index (χ2n) is 5.04. The lowest BCUT2D eigenvalue weighted by molar-refractivity contribution is 0.568. The molecule has 0 amide bonds. The fraction of sp³-hybridized carbons (Fsp3) is 0. The predicted molar refractivity (Wildman–Crippen MR) is 85.9 cm³/mol. The van der Waals surface area contributed by atoms with Crippen LogP contribution in [0, 0.1) is 0 Å². The molecule has 1 aromatic carbocycles. The van der Waals surface area contributed by atoms with Gasteiger partial charge in [-0.3, -0.25) is 5.10 Å². The zero-order valence-corrected chi connectivity index (χ0v) is 11.6. The van der Waals surface area contributed by atoms with E-state index in [1.54, 1.807) is 18.7 Å². The van der Waals surface area contributed by atoms with Gasteiger partial charge in [-0.05, 0) is 41.5 Å². The van der Waals surface area contributed by atoms with Crippen LogP contribution in [0.15, 0.2) is 53.5 Å². The predicted octanol–water partition coefficient (Wildman–Crippen LogP) is 3.05. The molecule has 3 aromatic heterocycles. The Kier molecular flexibility index (Phi) is 2.62. The molecule has 108 valence electrons. The van der Waals surface area contributed by atoms with Crippen molar-refractivity contribution in [3.63, 3.8) is 0 Å². The summed E-state index contributed by atoms with van der Waals surface area (Å²) in [7, 11) is 0. The number of aromatic nitrogens is 3. The van der Waals surface area contributed by atoms with Crippen LogP contribution in [-0.4, -0.2) is 15.2 Å². The van der Waals surface area contributed by atoms with E-state index in [9.17, 15) is 0 Å². The zero-order valence-electron chi connectivity index (χ0n) is 11.6. The Balaban J connectivity index is 2.03. The number of anilines is 2. The molecule has 3 heterocycles. The van der Waals surface area contributed by atoms with Gasteiger partial charge < -0.3 is 15.9 Å². The standard InChI is InChI=1S/C16H13N5O/c17-14-7-9(1-3-19-14)11-5-12(10-2-4-22-8-10)15-13(6-11)16(18)21-20-15/h1-8H,(H2,17,19)(H3,18,20,21). The van der Waals surface area contributed by atoms with E-state index in [4.69, 9.17) is 15.9 Å². The monoisotopic (exact) mass is 291 g/mol. The molecule has 0 aliphatic rings. The van der Waals surface area contributed by atoms with Gasteiger partial charge in [-0.1, -0.05) is 0 Å². The van der Waals surface area contributed by atoms with Gasteiger partial charge in [0.15, 0.2) is 5.82 Å². The van der Waals surface area contributed by atoms with E-state index in [1.165, 1.54) is 0 Å². The highest BCUT2D eigenvalue weighted by Gasteiger charge is 2.13. The largest absolute Gasteiger partial charge is 0.472 e. The van der Waals surface area contributed by atoms with Crippen LogP contribution in [0.3, 0.4) is 0 Å². The number of aromatic amines is 1. The molecule has 0 radical (unpaired) electrons.